The second-order valence-corrected chi connectivity index (χ2v) is 5.70. The number of nitrogens with zero attached hydrogens (tertiary/aromatic N) is 3. The predicted molar refractivity (Wildman–Crippen MR) is 57.6 cm³/mol. The molecule has 1 aromatic rings. The number of fused-ring (bicyclic) bond motifs is 1. The Morgan fingerprint density at radius 1 is 1.45 bits per heavy atom. The summed E-state index contributed by atoms with van der Waals surface area (Å²) in [5.41, 5.74) is -0.300. The molecule has 0 fully saturated rings. The Hall–Kier alpha value is -2.15. The van der Waals surface area contributed by atoms with Crippen molar-refractivity contribution in [3.05, 3.63) is 23.9 Å². The number of carbonyl (C=O) groups is 1. The zero-order valence-corrected chi connectivity index (χ0v) is 10.4. The topological polar surface area (TPSA) is 91.1 Å². The fourth-order valence-electron chi connectivity index (χ4n) is 1.67. The second kappa shape index (κ2) is 4.45. The Kier molecular flexibility index (Phi) is 3.17. The van der Waals surface area contributed by atoms with Gasteiger partial charge in [0.25, 0.3) is 15.9 Å². The van der Waals surface area contributed by atoms with Gasteiger partial charge in [-0.3, -0.25) is 4.79 Å². The van der Waals surface area contributed by atoms with Gasteiger partial charge in [0.1, 0.15) is 0 Å². The number of carbonyl (C=O) groups excluding carboxylic acids is 1. The molecule has 6 nitrogen and oxygen atoms in total. The van der Waals surface area contributed by atoms with E-state index in [4.69, 9.17) is 5.26 Å². The lowest BCUT2D eigenvalue weighted by Crippen LogP contribution is -2.39. The molecule has 106 valence electrons. The maximum atomic E-state index is 12.5. The summed E-state index contributed by atoms with van der Waals surface area (Å²) in [6.45, 7) is -1.28. The van der Waals surface area contributed by atoms with E-state index < -0.39 is 39.6 Å². The van der Waals surface area contributed by atoms with Gasteiger partial charge < -0.3 is 0 Å². The summed E-state index contributed by atoms with van der Waals surface area (Å²) in [6, 6.07) is 3.39. The molecule has 1 unspecified atom stereocenters. The maximum Gasteiger partial charge on any atom is 0.406 e. The predicted octanol–water partition coefficient (Wildman–Crippen LogP) is 0.928. The minimum atomic E-state index is -4.92. The highest BCUT2D eigenvalue weighted by atomic mass is 32.2. The van der Waals surface area contributed by atoms with Crippen LogP contribution in [0.1, 0.15) is 10.4 Å². The number of alkyl halides is 3. The Morgan fingerprint density at radius 3 is 2.60 bits per heavy atom. The van der Waals surface area contributed by atoms with E-state index >= 15 is 0 Å². The molecule has 0 aromatic carbocycles. The summed E-state index contributed by atoms with van der Waals surface area (Å²) in [5, 5.41) is 7.88. The van der Waals surface area contributed by atoms with E-state index in [1.54, 1.807) is 0 Å². The van der Waals surface area contributed by atoms with Crippen LogP contribution in [0.25, 0.3) is 0 Å². The first-order valence-electron chi connectivity index (χ1n) is 5.18. The van der Waals surface area contributed by atoms with Crippen LogP contribution in [0, 0.1) is 17.2 Å². The normalized spacial score (nSPS) is 18.5. The third-order valence-electron chi connectivity index (χ3n) is 2.66. The molecule has 2 rings (SSSR count). The molecule has 0 N–H and O–H groups in total. The van der Waals surface area contributed by atoms with Crippen molar-refractivity contribution in [1.29, 1.82) is 5.26 Å². The highest BCUT2D eigenvalue weighted by Gasteiger charge is 2.48. The van der Waals surface area contributed by atoms with Gasteiger partial charge in [-0.25, -0.2) is 9.29 Å². The second-order valence-electron chi connectivity index (χ2n) is 3.92. The molecular weight excluding hydrogens is 299 g/mol. The Labute approximate surface area is 111 Å². The smallest absolute Gasteiger partial charge is 0.268 e. The number of rotatable bonds is 2. The van der Waals surface area contributed by atoms with Crippen LogP contribution in [-0.4, -0.2) is 36.3 Å². The highest BCUT2D eigenvalue weighted by molar-refractivity contribution is 7.90. The lowest BCUT2D eigenvalue weighted by molar-refractivity contribution is -0.159. The van der Waals surface area contributed by atoms with Crippen molar-refractivity contribution >= 4 is 15.9 Å². The first kappa shape index (κ1) is 14.3. The van der Waals surface area contributed by atoms with Crippen molar-refractivity contribution in [2.45, 2.75) is 11.2 Å². The number of hydrogen-bond donors (Lipinski definition) is 0. The van der Waals surface area contributed by atoms with Gasteiger partial charge >= 0.3 is 6.18 Å². The summed E-state index contributed by atoms with van der Waals surface area (Å²) in [6.07, 6.45) is -3.81. The molecule has 0 bridgehead atoms. The third kappa shape index (κ3) is 2.09. The fraction of sp³-hybridized carbons (Fsp3) is 0.300. The minimum absolute atomic E-state index is 0.0338. The fourth-order valence-corrected chi connectivity index (χ4v) is 3.17. The number of aromatic nitrogens is 1. The van der Waals surface area contributed by atoms with Gasteiger partial charge in [-0.1, -0.05) is 0 Å². The van der Waals surface area contributed by atoms with Crippen LogP contribution in [0.15, 0.2) is 23.4 Å². The Balaban J connectivity index is 2.42. The zero-order valence-electron chi connectivity index (χ0n) is 9.63. The number of amides is 1. The first-order chi connectivity index (χ1) is 9.19. The van der Waals surface area contributed by atoms with Crippen molar-refractivity contribution in [1.82, 2.24) is 9.29 Å². The molecule has 1 aliphatic heterocycles. The molecule has 0 aliphatic carbocycles. The Morgan fingerprint density at radius 2 is 2.10 bits per heavy atom. The molecule has 0 saturated carbocycles. The largest absolute Gasteiger partial charge is 0.406 e. The quantitative estimate of drug-likeness (QED) is 0.810. The minimum Gasteiger partial charge on any atom is -0.268 e. The molecule has 0 spiro atoms. The Bertz CT molecular complexity index is 708. The lowest BCUT2D eigenvalue weighted by atomic mass is 10.1. The van der Waals surface area contributed by atoms with E-state index in [1.165, 1.54) is 6.07 Å². The monoisotopic (exact) mass is 305 g/mol. The third-order valence-corrected chi connectivity index (χ3v) is 4.37. The average molecular weight is 305 g/mol. The maximum absolute atomic E-state index is 12.5. The molecular formula is C10H6F3N3O3S. The van der Waals surface area contributed by atoms with Crippen molar-refractivity contribution < 1.29 is 26.4 Å². The molecule has 2 heterocycles. The van der Waals surface area contributed by atoms with E-state index in [0.29, 0.717) is 0 Å². The summed E-state index contributed by atoms with van der Waals surface area (Å²) >= 11 is 0. The van der Waals surface area contributed by atoms with Crippen LogP contribution < -0.4 is 0 Å². The number of pyridine rings is 1. The van der Waals surface area contributed by atoms with E-state index in [9.17, 15) is 26.4 Å². The molecule has 20 heavy (non-hydrogen) atoms. The molecule has 1 aromatic heterocycles. The summed E-state index contributed by atoms with van der Waals surface area (Å²) in [7, 11) is -4.44. The van der Waals surface area contributed by atoms with Crippen LogP contribution in [-0.2, 0) is 10.0 Å². The SMILES string of the molecule is N#CC(CN1C(=O)c2cccnc2S1(=O)=O)C(F)(F)F. The summed E-state index contributed by atoms with van der Waals surface area (Å²) in [5.74, 6) is -3.70. The molecule has 10 heteroatoms. The van der Waals surface area contributed by atoms with Crippen LogP contribution >= 0.6 is 0 Å². The van der Waals surface area contributed by atoms with Crippen molar-refractivity contribution in [2.24, 2.45) is 5.92 Å². The van der Waals surface area contributed by atoms with Crippen LogP contribution in [0.4, 0.5) is 13.2 Å². The van der Waals surface area contributed by atoms with E-state index in [1.807, 2.05) is 0 Å². The van der Waals surface area contributed by atoms with Crippen LogP contribution in [0.2, 0.25) is 0 Å². The number of sulfonamides is 1. The number of hydrogen-bond acceptors (Lipinski definition) is 5. The van der Waals surface area contributed by atoms with Gasteiger partial charge in [0.2, 0.25) is 0 Å². The van der Waals surface area contributed by atoms with Gasteiger partial charge in [0, 0.05) is 6.20 Å². The van der Waals surface area contributed by atoms with Crippen molar-refractivity contribution in [2.75, 3.05) is 6.54 Å². The molecule has 1 aliphatic rings. The first-order valence-corrected chi connectivity index (χ1v) is 6.62. The molecule has 0 saturated heterocycles. The van der Waals surface area contributed by atoms with Gasteiger partial charge in [0.05, 0.1) is 18.2 Å². The zero-order chi connectivity index (χ0) is 15.1. The highest BCUT2D eigenvalue weighted by Crippen LogP contribution is 2.32. The molecule has 1 atom stereocenters. The van der Waals surface area contributed by atoms with Crippen molar-refractivity contribution in [3.63, 3.8) is 0 Å². The van der Waals surface area contributed by atoms with Crippen LogP contribution in [0.3, 0.4) is 0 Å². The average Bonchev–Trinajstić information content (AvgIpc) is 2.55. The number of halogens is 3. The van der Waals surface area contributed by atoms with Crippen molar-refractivity contribution in [3.8, 4) is 6.07 Å². The molecule has 0 radical (unpaired) electrons. The van der Waals surface area contributed by atoms with Crippen LogP contribution in [0.5, 0.6) is 0 Å². The van der Waals surface area contributed by atoms with E-state index in [2.05, 4.69) is 4.98 Å². The lowest BCUT2D eigenvalue weighted by Gasteiger charge is -2.19. The summed E-state index contributed by atoms with van der Waals surface area (Å²) in [4.78, 5) is 15.3. The molecule has 1 amide bonds. The number of nitriles is 1. The summed E-state index contributed by atoms with van der Waals surface area (Å²) < 4.78 is 61.4. The standard InChI is InChI=1S/C10H6F3N3O3S/c11-10(12,13)6(4-14)5-16-9(17)7-2-1-3-15-8(7)20(16,18)19/h1-3,6H,5H2. The van der Waals surface area contributed by atoms with Gasteiger partial charge in [0.15, 0.2) is 10.9 Å². The van der Waals surface area contributed by atoms with E-state index in [-0.39, 0.29) is 9.87 Å². The van der Waals surface area contributed by atoms with Gasteiger partial charge in [-0.05, 0) is 12.1 Å². The van der Waals surface area contributed by atoms with Gasteiger partial charge in [-0.2, -0.15) is 26.9 Å². The van der Waals surface area contributed by atoms with E-state index in [0.717, 1.165) is 18.3 Å². The van der Waals surface area contributed by atoms with Gasteiger partial charge in [-0.15, -0.1) is 0 Å².